The van der Waals surface area contributed by atoms with E-state index in [0.29, 0.717) is 5.69 Å². The number of nitrogens with zero attached hydrogens (tertiary/aromatic N) is 5. The number of hydrogen-bond acceptors (Lipinski definition) is 8. The lowest BCUT2D eigenvalue weighted by molar-refractivity contribution is -0.294. The Morgan fingerprint density at radius 1 is 1.21 bits per heavy atom. The zero-order valence-electron chi connectivity index (χ0n) is 16.8. The first-order chi connectivity index (χ1) is 13.6. The highest BCUT2D eigenvalue weighted by Gasteiger charge is 2.39. The van der Waals surface area contributed by atoms with Crippen LogP contribution in [0.25, 0.3) is 5.69 Å². The molecule has 29 heavy (non-hydrogen) atoms. The second kappa shape index (κ2) is 8.17. The summed E-state index contributed by atoms with van der Waals surface area (Å²) < 4.78 is 38.9. The van der Waals surface area contributed by atoms with E-state index in [9.17, 15) is 13.2 Å². The van der Waals surface area contributed by atoms with Gasteiger partial charge in [-0.2, -0.15) is 4.68 Å². The van der Waals surface area contributed by atoms with Gasteiger partial charge in [0.1, 0.15) is 0 Å². The molecule has 0 aliphatic carbocycles. The Morgan fingerprint density at radius 2 is 1.86 bits per heavy atom. The molecule has 1 saturated heterocycles. The fourth-order valence-electron chi connectivity index (χ4n) is 3.25. The van der Waals surface area contributed by atoms with Crippen LogP contribution in [0, 0.1) is 0 Å². The van der Waals surface area contributed by atoms with Gasteiger partial charge in [0.25, 0.3) is 5.16 Å². The second-order valence-electron chi connectivity index (χ2n) is 7.60. The number of para-hydroxylation sites is 1. The Bertz CT molecular complexity index is 958. The number of amides is 1. The average molecular weight is 423 g/mol. The number of ether oxygens (including phenoxy) is 2. The molecule has 2 aromatic rings. The van der Waals surface area contributed by atoms with E-state index in [4.69, 9.17) is 9.47 Å². The van der Waals surface area contributed by atoms with E-state index in [1.54, 1.807) is 52.2 Å². The van der Waals surface area contributed by atoms with Gasteiger partial charge in [-0.15, -0.1) is 0 Å². The molecule has 1 fully saturated rings. The van der Waals surface area contributed by atoms with Crippen LogP contribution in [0.5, 0.6) is 0 Å². The smallest absolute Gasteiger partial charge is 0.272 e. The van der Waals surface area contributed by atoms with Crippen molar-refractivity contribution < 1.29 is 22.7 Å². The van der Waals surface area contributed by atoms with E-state index in [1.165, 1.54) is 9.58 Å². The summed E-state index contributed by atoms with van der Waals surface area (Å²) in [6.07, 6.45) is -0.684. The predicted octanol–water partition coefficient (Wildman–Crippen LogP) is 0.825. The molecule has 0 N–H and O–H groups in total. The number of sulfone groups is 1. The maximum absolute atomic E-state index is 13.0. The maximum Gasteiger partial charge on any atom is 0.272 e. The van der Waals surface area contributed by atoms with Gasteiger partial charge < -0.3 is 14.4 Å². The molecule has 2 atom stereocenters. The quantitative estimate of drug-likeness (QED) is 0.671. The lowest BCUT2D eigenvalue weighted by Crippen LogP contribution is -2.48. The standard InChI is InChI=1S/C18H25N5O5S/c1-18(2)27-14(11-16(24)22(3)4)10-15(28-18)12-29(25,26)17-19-20-21-23(17)13-8-6-5-7-9-13/h5-9,14-15H,10-12H2,1-4H3/t14-,15+/m1/s1. The van der Waals surface area contributed by atoms with Crippen LogP contribution >= 0.6 is 0 Å². The third-order valence-electron chi connectivity index (χ3n) is 4.45. The topological polar surface area (TPSA) is 117 Å². The normalized spacial score (nSPS) is 21.7. The summed E-state index contributed by atoms with van der Waals surface area (Å²) in [6, 6.07) is 8.78. The van der Waals surface area contributed by atoms with E-state index >= 15 is 0 Å². The molecule has 0 unspecified atom stereocenters. The van der Waals surface area contributed by atoms with Crippen LogP contribution in [0.1, 0.15) is 26.7 Å². The van der Waals surface area contributed by atoms with Gasteiger partial charge in [0.2, 0.25) is 15.7 Å². The summed E-state index contributed by atoms with van der Waals surface area (Å²) >= 11 is 0. The predicted molar refractivity (Wildman–Crippen MR) is 103 cm³/mol. The second-order valence-corrected chi connectivity index (χ2v) is 9.53. The van der Waals surface area contributed by atoms with Gasteiger partial charge in [-0.25, -0.2) is 8.42 Å². The molecule has 0 spiro atoms. The van der Waals surface area contributed by atoms with E-state index in [-0.39, 0.29) is 29.7 Å². The number of carbonyl (C=O) groups is 1. The molecule has 1 amide bonds. The number of carbonyl (C=O) groups excluding carboxylic acids is 1. The number of benzene rings is 1. The van der Waals surface area contributed by atoms with Crippen molar-refractivity contribution in [3.63, 3.8) is 0 Å². The molecule has 0 bridgehead atoms. The van der Waals surface area contributed by atoms with Crippen molar-refractivity contribution in [1.82, 2.24) is 25.1 Å². The maximum atomic E-state index is 13.0. The minimum absolute atomic E-state index is 0.0951. The molecule has 158 valence electrons. The molecule has 1 aliphatic rings. The zero-order valence-corrected chi connectivity index (χ0v) is 17.7. The van der Waals surface area contributed by atoms with Crippen molar-refractivity contribution >= 4 is 15.7 Å². The van der Waals surface area contributed by atoms with Crippen molar-refractivity contribution in [3.05, 3.63) is 30.3 Å². The molecule has 2 heterocycles. The minimum atomic E-state index is -3.86. The lowest BCUT2D eigenvalue weighted by atomic mass is 10.1. The van der Waals surface area contributed by atoms with E-state index in [2.05, 4.69) is 15.5 Å². The van der Waals surface area contributed by atoms with Gasteiger partial charge >= 0.3 is 0 Å². The number of hydrogen-bond donors (Lipinski definition) is 0. The Balaban J connectivity index is 1.80. The number of rotatable bonds is 6. The first-order valence-electron chi connectivity index (χ1n) is 9.20. The summed E-state index contributed by atoms with van der Waals surface area (Å²) in [6.45, 7) is 3.40. The molecule has 11 heteroatoms. The Kier molecular flexibility index (Phi) is 6.01. The van der Waals surface area contributed by atoms with Gasteiger partial charge in [-0.1, -0.05) is 23.3 Å². The Labute approximate surface area is 169 Å². The molecule has 1 aromatic heterocycles. The molecular formula is C18H25N5O5S. The van der Waals surface area contributed by atoms with Crippen LogP contribution in [-0.2, 0) is 24.1 Å². The minimum Gasteiger partial charge on any atom is -0.349 e. The van der Waals surface area contributed by atoms with Crippen LogP contribution in [0.15, 0.2) is 35.5 Å². The number of tetrazole rings is 1. The first kappa shape index (κ1) is 21.3. The zero-order chi connectivity index (χ0) is 21.2. The first-order valence-corrected chi connectivity index (χ1v) is 10.8. The molecule has 1 aliphatic heterocycles. The van der Waals surface area contributed by atoms with Crippen molar-refractivity contribution in [2.24, 2.45) is 0 Å². The number of aromatic nitrogens is 4. The summed E-state index contributed by atoms with van der Waals surface area (Å²) in [7, 11) is -0.533. The molecule has 0 radical (unpaired) electrons. The van der Waals surface area contributed by atoms with Crippen molar-refractivity contribution in [2.75, 3.05) is 19.8 Å². The van der Waals surface area contributed by atoms with Crippen molar-refractivity contribution in [1.29, 1.82) is 0 Å². The van der Waals surface area contributed by atoms with E-state index in [0.717, 1.165) is 0 Å². The van der Waals surface area contributed by atoms with Crippen LogP contribution in [0.4, 0.5) is 0 Å². The van der Waals surface area contributed by atoms with E-state index < -0.39 is 27.8 Å². The van der Waals surface area contributed by atoms with Gasteiger partial charge in [-0.3, -0.25) is 4.79 Å². The third kappa shape index (κ3) is 5.17. The van der Waals surface area contributed by atoms with Crippen molar-refractivity contribution in [3.8, 4) is 5.69 Å². The van der Waals surface area contributed by atoms with Gasteiger partial charge in [0.05, 0.1) is 30.1 Å². The highest BCUT2D eigenvalue weighted by atomic mass is 32.2. The van der Waals surface area contributed by atoms with Gasteiger partial charge in [0, 0.05) is 20.5 Å². The Morgan fingerprint density at radius 3 is 2.52 bits per heavy atom. The van der Waals surface area contributed by atoms with Gasteiger partial charge in [0.15, 0.2) is 5.79 Å². The van der Waals surface area contributed by atoms with Gasteiger partial charge in [-0.05, 0) is 36.4 Å². The third-order valence-corrected chi connectivity index (χ3v) is 6.07. The summed E-state index contributed by atoms with van der Waals surface area (Å²) in [5.74, 6) is -1.43. The largest absolute Gasteiger partial charge is 0.349 e. The van der Waals surface area contributed by atoms with Crippen LogP contribution < -0.4 is 0 Å². The lowest BCUT2D eigenvalue weighted by Gasteiger charge is -2.40. The average Bonchev–Trinajstić information content (AvgIpc) is 3.11. The fourth-order valence-corrected chi connectivity index (χ4v) is 4.66. The summed E-state index contributed by atoms with van der Waals surface area (Å²) in [4.78, 5) is 13.5. The summed E-state index contributed by atoms with van der Waals surface area (Å²) in [5.41, 5.74) is 0.541. The molecular weight excluding hydrogens is 398 g/mol. The highest BCUT2D eigenvalue weighted by molar-refractivity contribution is 7.91. The Hall–Kier alpha value is -2.37. The van der Waals surface area contributed by atoms with Crippen LogP contribution in [0.3, 0.4) is 0 Å². The van der Waals surface area contributed by atoms with Crippen LogP contribution in [0.2, 0.25) is 0 Å². The monoisotopic (exact) mass is 423 g/mol. The van der Waals surface area contributed by atoms with Crippen LogP contribution in [-0.4, -0.2) is 77.3 Å². The molecule has 3 rings (SSSR count). The SMILES string of the molecule is CN(C)C(=O)C[C@H]1C[C@@H](CS(=O)(=O)c2nnnn2-c2ccccc2)OC(C)(C)O1. The highest BCUT2D eigenvalue weighted by Crippen LogP contribution is 2.30. The molecule has 1 aromatic carbocycles. The molecule has 0 saturated carbocycles. The summed E-state index contributed by atoms with van der Waals surface area (Å²) in [5, 5.41) is 10.8. The van der Waals surface area contributed by atoms with Crippen molar-refractivity contribution in [2.45, 2.75) is 49.8 Å². The van der Waals surface area contributed by atoms with E-state index in [1.807, 2.05) is 6.07 Å². The fraction of sp³-hybridized carbons (Fsp3) is 0.556. The molecule has 10 nitrogen and oxygen atoms in total.